The van der Waals surface area contributed by atoms with Crippen LogP contribution in [0.25, 0.3) is 6.08 Å². The Labute approximate surface area is 121 Å². The molecule has 0 spiro atoms. The van der Waals surface area contributed by atoms with Crippen molar-refractivity contribution in [3.05, 3.63) is 35.4 Å². The summed E-state index contributed by atoms with van der Waals surface area (Å²) >= 11 is 0. The highest BCUT2D eigenvalue weighted by Gasteiger charge is 2.26. The van der Waals surface area contributed by atoms with Crippen molar-refractivity contribution in [3.8, 4) is 5.75 Å². The van der Waals surface area contributed by atoms with Crippen LogP contribution in [0.2, 0.25) is 0 Å². The number of carbonyl (C=O) groups is 1. The van der Waals surface area contributed by atoms with Crippen molar-refractivity contribution in [1.82, 2.24) is 4.90 Å². The first-order valence-electron chi connectivity index (χ1n) is 7.13. The average Bonchev–Trinajstić information content (AvgIpc) is 2.43. The molecule has 3 heteroatoms. The quantitative estimate of drug-likeness (QED) is 0.790. The van der Waals surface area contributed by atoms with E-state index < -0.39 is 0 Å². The van der Waals surface area contributed by atoms with Crippen molar-refractivity contribution in [3.63, 3.8) is 0 Å². The van der Waals surface area contributed by atoms with Crippen LogP contribution in [0.5, 0.6) is 5.75 Å². The first-order valence-corrected chi connectivity index (χ1v) is 7.13. The lowest BCUT2D eigenvalue weighted by molar-refractivity contribution is -0.120. The van der Waals surface area contributed by atoms with Gasteiger partial charge in [0, 0.05) is 12.5 Å². The van der Waals surface area contributed by atoms with Crippen molar-refractivity contribution in [1.29, 1.82) is 0 Å². The Bertz CT molecular complexity index is 505. The summed E-state index contributed by atoms with van der Waals surface area (Å²) in [5, 5.41) is 0. The van der Waals surface area contributed by atoms with E-state index in [1.807, 2.05) is 44.4 Å². The summed E-state index contributed by atoms with van der Waals surface area (Å²) in [6.45, 7) is 0.842. The lowest BCUT2D eigenvalue weighted by atomic mass is 9.83. The second kappa shape index (κ2) is 6.71. The van der Waals surface area contributed by atoms with Gasteiger partial charge in [0.1, 0.15) is 5.75 Å². The number of nitrogens with zero attached hydrogens (tertiary/aromatic N) is 1. The minimum atomic E-state index is 0.149. The number of ether oxygens (including phenoxy) is 1. The zero-order chi connectivity index (χ0) is 14.5. The monoisotopic (exact) mass is 273 g/mol. The van der Waals surface area contributed by atoms with Crippen molar-refractivity contribution < 1.29 is 9.53 Å². The third-order valence-corrected chi connectivity index (χ3v) is 3.71. The molecule has 0 aliphatic heterocycles. The van der Waals surface area contributed by atoms with E-state index in [0.717, 1.165) is 42.7 Å². The molecule has 0 radical (unpaired) electrons. The SMILES string of the molecule is COc1cccc(C=C2CCCC(CN(C)C)C2=O)c1. The fraction of sp³-hybridized carbons (Fsp3) is 0.471. The summed E-state index contributed by atoms with van der Waals surface area (Å²) in [7, 11) is 5.70. The van der Waals surface area contributed by atoms with E-state index in [9.17, 15) is 4.79 Å². The summed E-state index contributed by atoms with van der Waals surface area (Å²) in [4.78, 5) is 14.6. The van der Waals surface area contributed by atoms with Crippen LogP contribution in [0.4, 0.5) is 0 Å². The molecule has 2 rings (SSSR count). The van der Waals surface area contributed by atoms with Gasteiger partial charge in [-0.15, -0.1) is 0 Å². The van der Waals surface area contributed by atoms with Crippen molar-refractivity contribution >= 4 is 11.9 Å². The van der Waals surface area contributed by atoms with Gasteiger partial charge in [-0.2, -0.15) is 0 Å². The lowest BCUT2D eigenvalue weighted by Gasteiger charge is -2.25. The predicted molar refractivity (Wildman–Crippen MR) is 81.9 cm³/mol. The molecule has 1 atom stereocenters. The van der Waals surface area contributed by atoms with Gasteiger partial charge in [0.2, 0.25) is 0 Å². The largest absolute Gasteiger partial charge is 0.497 e. The Balaban J connectivity index is 2.17. The van der Waals surface area contributed by atoms with Crippen LogP contribution in [-0.4, -0.2) is 38.4 Å². The fourth-order valence-corrected chi connectivity index (χ4v) is 2.75. The average molecular weight is 273 g/mol. The van der Waals surface area contributed by atoms with Gasteiger partial charge in [-0.05, 0) is 62.7 Å². The van der Waals surface area contributed by atoms with Crippen LogP contribution in [-0.2, 0) is 4.79 Å². The van der Waals surface area contributed by atoms with E-state index in [0.29, 0.717) is 5.78 Å². The number of allylic oxidation sites excluding steroid dienone is 1. The maximum atomic E-state index is 12.5. The number of carbonyl (C=O) groups excluding carboxylic acids is 1. The molecule has 108 valence electrons. The molecule has 3 nitrogen and oxygen atoms in total. The summed E-state index contributed by atoms with van der Waals surface area (Å²) in [5.74, 6) is 1.29. The molecule has 1 aliphatic carbocycles. The minimum Gasteiger partial charge on any atom is -0.497 e. The summed E-state index contributed by atoms with van der Waals surface area (Å²) in [6, 6.07) is 7.85. The number of ketones is 1. The molecular formula is C17H23NO2. The second-order valence-corrected chi connectivity index (χ2v) is 5.66. The van der Waals surface area contributed by atoms with Crippen molar-refractivity contribution in [2.24, 2.45) is 5.92 Å². The minimum absolute atomic E-state index is 0.149. The second-order valence-electron chi connectivity index (χ2n) is 5.66. The molecule has 0 saturated heterocycles. The molecule has 1 aromatic carbocycles. The van der Waals surface area contributed by atoms with E-state index in [1.165, 1.54) is 0 Å². The molecule has 1 fully saturated rings. The Morgan fingerprint density at radius 1 is 1.40 bits per heavy atom. The van der Waals surface area contributed by atoms with Gasteiger partial charge >= 0.3 is 0 Å². The molecule has 1 unspecified atom stereocenters. The maximum Gasteiger partial charge on any atom is 0.163 e. The molecule has 1 saturated carbocycles. The smallest absolute Gasteiger partial charge is 0.163 e. The number of benzene rings is 1. The van der Waals surface area contributed by atoms with Gasteiger partial charge in [0.15, 0.2) is 5.78 Å². The fourth-order valence-electron chi connectivity index (χ4n) is 2.75. The van der Waals surface area contributed by atoms with Gasteiger partial charge in [-0.25, -0.2) is 0 Å². The normalized spacial score (nSPS) is 21.5. The standard InChI is InChI=1S/C17H23NO2/c1-18(2)12-15-8-5-7-14(17(15)19)10-13-6-4-9-16(11-13)20-3/h4,6,9-11,15H,5,7-8,12H2,1-3H3. The zero-order valence-electron chi connectivity index (χ0n) is 12.6. The molecule has 0 aromatic heterocycles. The zero-order valence-corrected chi connectivity index (χ0v) is 12.6. The van der Waals surface area contributed by atoms with E-state index in [2.05, 4.69) is 4.90 Å². The Hall–Kier alpha value is -1.61. The van der Waals surface area contributed by atoms with Crippen molar-refractivity contribution in [2.75, 3.05) is 27.7 Å². The summed E-state index contributed by atoms with van der Waals surface area (Å²) in [5.41, 5.74) is 1.99. The molecule has 20 heavy (non-hydrogen) atoms. The first-order chi connectivity index (χ1) is 9.60. The molecular weight excluding hydrogens is 250 g/mol. The highest BCUT2D eigenvalue weighted by molar-refractivity contribution is 6.01. The Kier molecular flexibility index (Phi) is 4.96. The predicted octanol–water partition coefficient (Wildman–Crippen LogP) is 3.01. The molecule has 0 heterocycles. The first kappa shape index (κ1) is 14.8. The third-order valence-electron chi connectivity index (χ3n) is 3.71. The van der Waals surface area contributed by atoms with Gasteiger partial charge in [-0.3, -0.25) is 4.79 Å². The number of hydrogen-bond donors (Lipinski definition) is 0. The van der Waals surface area contributed by atoms with E-state index in [1.54, 1.807) is 7.11 Å². The van der Waals surface area contributed by atoms with Crippen molar-refractivity contribution in [2.45, 2.75) is 19.3 Å². The molecule has 1 aliphatic rings. The highest BCUT2D eigenvalue weighted by Crippen LogP contribution is 2.28. The van der Waals surface area contributed by atoms with Gasteiger partial charge < -0.3 is 9.64 Å². The van der Waals surface area contributed by atoms with Crippen LogP contribution in [0.1, 0.15) is 24.8 Å². The molecule has 0 bridgehead atoms. The number of Topliss-reactive ketones (excluding diaryl/α,β-unsaturated/α-hetero) is 1. The third kappa shape index (κ3) is 3.70. The van der Waals surface area contributed by atoms with Gasteiger partial charge in [0.25, 0.3) is 0 Å². The van der Waals surface area contributed by atoms with Crippen LogP contribution in [0, 0.1) is 5.92 Å². The van der Waals surface area contributed by atoms with Crippen LogP contribution in [0.3, 0.4) is 0 Å². The van der Waals surface area contributed by atoms with Gasteiger partial charge in [-0.1, -0.05) is 12.1 Å². The Morgan fingerprint density at radius 2 is 2.20 bits per heavy atom. The number of rotatable bonds is 4. The summed E-state index contributed by atoms with van der Waals surface area (Å²) < 4.78 is 5.22. The van der Waals surface area contributed by atoms with E-state index in [4.69, 9.17) is 4.74 Å². The van der Waals surface area contributed by atoms with E-state index >= 15 is 0 Å². The van der Waals surface area contributed by atoms with E-state index in [-0.39, 0.29) is 5.92 Å². The Morgan fingerprint density at radius 3 is 2.90 bits per heavy atom. The number of hydrogen-bond acceptors (Lipinski definition) is 3. The van der Waals surface area contributed by atoms with Crippen LogP contribution >= 0.6 is 0 Å². The molecule has 0 N–H and O–H groups in total. The number of methoxy groups -OCH3 is 1. The topological polar surface area (TPSA) is 29.5 Å². The highest BCUT2D eigenvalue weighted by atomic mass is 16.5. The molecule has 1 aromatic rings. The van der Waals surface area contributed by atoms with Crippen LogP contribution in [0.15, 0.2) is 29.8 Å². The maximum absolute atomic E-state index is 12.5. The van der Waals surface area contributed by atoms with Crippen LogP contribution < -0.4 is 4.74 Å². The molecule has 0 amide bonds. The summed E-state index contributed by atoms with van der Waals surface area (Å²) in [6.07, 6.45) is 5.01. The lowest BCUT2D eigenvalue weighted by Crippen LogP contribution is -2.31. The van der Waals surface area contributed by atoms with Gasteiger partial charge in [0.05, 0.1) is 7.11 Å².